The van der Waals surface area contributed by atoms with Crippen LogP contribution < -0.4 is 0 Å². The molecule has 122 valence electrons. The van der Waals surface area contributed by atoms with Crippen molar-refractivity contribution >= 4 is 5.91 Å². The quantitative estimate of drug-likeness (QED) is 0.845. The maximum atomic E-state index is 12.2. The minimum Gasteiger partial charge on any atom is -0.342 e. The summed E-state index contributed by atoms with van der Waals surface area (Å²) in [5.41, 5.74) is 0.953. The van der Waals surface area contributed by atoms with E-state index in [0.29, 0.717) is 24.7 Å². The van der Waals surface area contributed by atoms with E-state index in [0.717, 1.165) is 37.8 Å². The molecule has 0 aliphatic carbocycles. The molecule has 1 saturated heterocycles. The van der Waals surface area contributed by atoms with Gasteiger partial charge in [-0.3, -0.25) is 4.79 Å². The van der Waals surface area contributed by atoms with Crippen molar-refractivity contribution in [2.24, 2.45) is 0 Å². The van der Waals surface area contributed by atoms with Crippen molar-refractivity contribution < 1.29 is 9.32 Å². The van der Waals surface area contributed by atoms with E-state index in [2.05, 4.69) is 17.1 Å². The lowest BCUT2D eigenvalue weighted by molar-refractivity contribution is -0.132. The van der Waals surface area contributed by atoms with E-state index in [1.807, 2.05) is 35.2 Å². The predicted octanol–water partition coefficient (Wildman–Crippen LogP) is 3.63. The fourth-order valence-electron chi connectivity index (χ4n) is 3.00. The first-order valence-corrected chi connectivity index (χ1v) is 8.44. The monoisotopic (exact) mass is 313 g/mol. The van der Waals surface area contributed by atoms with Crippen LogP contribution in [0, 0.1) is 0 Å². The summed E-state index contributed by atoms with van der Waals surface area (Å²) < 4.78 is 5.47. The molecule has 2 aromatic rings. The van der Waals surface area contributed by atoms with Crippen LogP contribution in [-0.4, -0.2) is 34.0 Å². The summed E-state index contributed by atoms with van der Waals surface area (Å²) in [5.74, 6) is 1.67. The second-order valence-corrected chi connectivity index (χ2v) is 6.10. The second-order valence-electron chi connectivity index (χ2n) is 6.10. The van der Waals surface area contributed by atoms with Gasteiger partial charge in [-0.15, -0.1) is 0 Å². The molecule has 1 fully saturated rings. The molecular weight excluding hydrogens is 290 g/mol. The number of nitrogens with zero attached hydrogens (tertiary/aromatic N) is 3. The Morgan fingerprint density at radius 3 is 2.96 bits per heavy atom. The first kappa shape index (κ1) is 15.7. The normalized spacial score (nSPS) is 18.1. The lowest BCUT2D eigenvalue weighted by Crippen LogP contribution is -2.39. The summed E-state index contributed by atoms with van der Waals surface area (Å²) >= 11 is 0. The van der Waals surface area contributed by atoms with E-state index in [1.165, 1.54) is 0 Å². The van der Waals surface area contributed by atoms with Gasteiger partial charge in [0.25, 0.3) is 0 Å². The predicted molar refractivity (Wildman–Crippen MR) is 87.8 cm³/mol. The van der Waals surface area contributed by atoms with Crippen LogP contribution in [0.1, 0.15) is 50.8 Å². The van der Waals surface area contributed by atoms with E-state index in [4.69, 9.17) is 4.52 Å². The van der Waals surface area contributed by atoms with E-state index >= 15 is 0 Å². The molecule has 1 aliphatic rings. The fraction of sp³-hybridized carbons (Fsp3) is 0.500. The van der Waals surface area contributed by atoms with Crippen molar-refractivity contribution in [1.82, 2.24) is 15.0 Å². The van der Waals surface area contributed by atoms with Gasteiger partial charge in [-0.25, -0.2) is 0 Å². The Labute approximate surface area is 136 Å². The van der Waals surface area contributed by atoms with Crippen molar-refractivity contribution in [3.63, 3.8) is 0 Å². The van der Waals surface area contributed by atoms with Crippen LogP contribution >= 0.6 is 0 Å². The van der Waals surface area contributed by atoms with Gasteiger partial charge in [-0.05, 0) is 19.3 Å². The number of benzene rings is 1. The summed E-state index contributed by atoms with van der Waals surface area (Å²) in [6.07, 6.45) is 4.63. The van der Waals surface area contributed by atoms with E-state index in [-0.39, 0.29) is 11.8 Å². The standard InChI is InChI=1S/C18H23N3O2/c1-2-3-11-16(22)21-12-7-10-15(13-21)18-19-17(20-23-18)14-8-5-4-6-9-14/h4-6,8-9,15H,2-3,7,10-13H2,1H3/t15-/m1/s1. The highest BCUT2D eigenvalue weighted by atomic mass is 16.5. The zero-order chi connectivity index (χ0) is 16.1. The van der Waals surface area contributed by atoms with Crippen LogP contribution in [0.5, 0.6) is 0 Å². The van der Waals surface area contributed by atoms with Crippen LogP contribution in [0.2, 0.25) is 0 Å². The smallest absolute Gasteiger partial charge is 0.231 e. The van der Waals surface area contributed by atoms with Crippen molar-refractivity contribution in [2.45, 2.75) is 44.9 Å². The zero-order valence-electron chi connectivity index (χ0n) is 13.6. The minimum atomic E-state index is 0.152. The molecule has 0 radical (unpaired) electrons. The van der Waals surface area contributed by atoms with Crippen LogP contribution in [0.15, 0.2) is 34.9 Å². The highest BCUT2D eigenvalue weighted by molar-refractivity contribution is 5.76. The molecule has 5 heteroatoms. The van der Waals surface area contributed by atoms with Gasteiger partial charge >= 0.3 is 0 Å². The van der Waals surface area contributed by atoms with Crippen LogP contribution in [0.3, 0.4) is 0 Å². The number of carbonyl (C=O) groups excluding carboxylic acids is 1. The first-order chi connectivity index (χ1) is 11.3. The molecule has 0 spiro atoms. The molecule has 5 nitrogen and oxygen atoms in total. The number of hydrogen-bond acceptors (Lipinski definition) is 4. The van der Waals surface area contributed by atoms with Gasteiger partial charge < -0.3 is 9.42 Å². The molecule has 1 aromatic heterocycles. The summed E-state index contributed by atoms with van der Waals surface area (Å²) in [6.45, 7) is 3.65. The second kappa shape index (κ2) is 7.40. The molecule has 1 aliphatic heterocycles. The molecule has 0 unspecified atom stereocenters. The molecule has 1 amide bonds. The highest BCUT2D eigenvalue weighted by Crippen LogP contribution is 2.28. The van der Waals surface area contributed by atoms with Gasteiger partial charge in [0, 0.05) is 25.1 Å². The Morgan fingerprint density at radius 1 is 1.35 bits per heavy atom. The number of hydrogen-bond donors (Lipinski definition) is 0. The summed E-state index contributed by atoms with van der Waals surface area (Å²) in [6, 6.07) is 9.82. The van der Waals surface area contributed by atoms with E-state index in [9.17, 15) is 4.79 Å². The van der Waals surface area contributed by atoms with Crippen molar-refractivity contribution in [3.8, 4) is 11.4 Å². The van der Waals surface area contributed by atoms with E-state index < -0.39 is 0 Å². The minimum absolute atomic E-state index is 0.152. The number of likely N-dealkylation sites (tertiary alicyclic amines) is 1. The van der Waals surface area contributed by atoms with Gasteiger partial charge in [0.2, 0.25) is 17.6 Å². The molecular formula is C18H23N3O2. The SMILES string of the molecule is CCCCC(=O)N1CCC[C@@H](c2nc(-c3ccccc3)no2)C1. The third kappa shape index (κ3) is 3.78. The van der Waals surface area contributed by atoms with Crippen molar-refractivity contribution in [3.05, 3.63) is 36.2 Å². The number of amides is 1. The first-order valence-electron chi connectivity index (χ1n) is 8.44. The lowest BCUT2D eigenvalue weighted by Gasteiger charge is -2.31. The molecule has 0 saturated carbocycles. The average molecular weight is 313 g/mol. The van der Waals surface area contributed by atoms with E-state index in [1.54, 1.807) is 0 Å². The highest BCUT2D eigenvalue weighted by Gasteiger charge is 2.28. The summed E-state index contributed by atoms with van der Waals surface area (Å²) in [4.78, 5) is 18.7. The third-order valence-corrected chi connectivity index (χ3v) is 4.34. The van der Waals surface area contributed by atoms with Crippen LogP contribution in [-0.2, 0) is 4.79 Å². The molecule has 0 N–H and O–H groups in total. The molecule has 2 heterocycles. The van der Waals surface area contributed by atoms with Gasteiger partial charge in [0.05, 0.1) is 5.92 Å². The maximum absolute atomic E-state index is 12.2. The Balaban J connectivity index is 1.67. The molecule has 3 rings (SSSR count). The third-order valence-electron chi connectivity index (χ3n) is 4.34. The summed E-state index contributed by atoms with van der Waals surface area (Å²) in [7, 11) is 0. The Kier molecular flexibility index (Phi) is 5.05. The van der Waals surface area contributed by atoms with Gasteiger partial charge in [-0.2, -0.15) is 4.98 Å². The Hall–Kier alpha value is -2.17. The molecule has 1 aromatic carbocycles. The number of rotatable bonds is 5. The topological polar surface area (TPSA) is 59.2 Å². The Bertz CT molecular complexity index is 639. The Morgan fingerprint density at radius 2 is 2.17 bits per heavy atom. The number of aromatic nitrogens is 2. The summed E-state index contributed by atoms with van der Waals surface area (Å²) in [5, 5.41) is 4.09. The largest absolute Gasteiger partial charge is 0.342 e. The van der Waals surface area contributed by atoms with Crippen LogP contribution in [0.4, 0.5) is 0 Å². The number of piperidine rings is 1. The molecule has 0 bridgehead atoms. The zero-order valence-corrected chi connectivity index (χ0v) is 13.6. The van der Waals surface area contributed by atoms with Gasteiger partial charge in [-0.1, -0.05) is 48.8 Å². The van der Waals surface area contributed by atoms with Crippen molar-refractivity contribution in [2.75, 3.05) is 13.1 Å². The number of unbranched alkanes of at least 4 members (excludes halogenated alkanes) is 1. The van der Waals surface area contributed by atoms with Gasteiger partial charge in [0.15, 0.2) is 0 Å². The maximum Gasteiger partial charge on any atom is 0.231 e. The number of carbonyl (C=O) groups is 1. The average Bonchev–Trinajstić information content (AvgIpc) is 3.11. The fourth-order valence-corrected chi connectivity index (χ4v) is 3.00. The van der Waals surface area contributed by atoms with Gasteiger partial charge in [0.1, 0.15) is 0 Å². The lowest BCUT2D eigenvalue weighted by atomic mass is 9.97. The van der Waals surface area contributed by atoms with Crippen molar-refractivity contribution in [1.29, 1.82) is 0 Å². The molecule has 1 atom stereocenters. The molecule has 23 heavy (non-hydrogen) atoms. The van der Waals surface area contributed by atoms with Crippen LogP contribution in [0.25, 0.3) is 11.4 Å².